The molecule has 0 fully saturated rings. The van der Waals surface area contributed by atoms with Crippen LogP contribution in [0.4, 0.5) is 5.69 Å². The van der Waals surface area contributed by atoms with Gasteiger partial charge in [-0.05, 0) is 42.3 Å². The van der Waals surface area contributed by atoms with Crippen LogP contribution in [0.15, 0.2) is 24.3 Å². The summed E-state index contributed by atoms with van der Waals surface area (Å²) in [5.41, 5.74) is 9.10. The van der Waals surface area contributed by atoms with E-state index in [1.165, 1.54) is 17.7 Å². The molecule has 100 valence electrons. The molecular weight excluding hydrogens is 220 g/mol. The van der Waals surface area contributed by atoms with E-state index in [-0.39, 0.29) is 5.41 Å². The summed E-state index contributed by atoms with van der Waals surface area (Å²) in [5, 5.41) is 0. The van der Waals surface area contributed by atoms with Crippen molar-refractivity contribution in [2.75, 3.05) is 24.5 Å². The van der Waals surface area contributed by atoms with Gasteiger partial charge in [-0.1, -0.05) is 39.0 Å². The fraction of sp³-hybridized carbons (Fsp3) is 0.625. The van der Waals surface area contributed by atoms with Gasteiger partial charge in [0.05, 0.1) is 0 Å². The predicted molar refractivity (Wildman–Crippen MR) is 79.0 cm³/mol. The molecule has 0 bridgehead atoms. The molecule has 2 rings (SSSR count). The van der Waals surface area contributed by atoms with Gasteiger partial charge in [-0.2, -0.15) is 0 Å². The standard InChI is InChI=1S/C16H26N2/c1-4-16(3,11-17)12-18-10-13(2)9-14-7-5-6-8-15(14)18/h5-8,13H,4,9-12,17H2,1-3H3. The number of nitrogens with two attached hydrogens (primary N) is 1. The Balaban J connectivity index is 2.24. The second kappa shape index (κ2) is 5.31. The molecule has 2 heteroatoms. The van der Waals surface area contributed by atoms with Gasteiger partial charge in [0.25, 0.3) is 0 Å². The molecule has 1 aliphatic rings. The van der Waals surface area contributed by atoms with E-state index >= 15 is 0 Å². The first-order valence-corrected chi connectivity index (χ1v) is 7.11. The third kappa shape index (κ3) is 2.69. The first-order chi connectivity index (χ1) is 8.58. The van der Waals surface area contributed by atoms with E-state index in [9.17, 15) is 0 Å². The number of fused-ring (bicyclic) bond motifs is 1. The predicted octanol–water partition coefficient (Wildman–Crippen LogP) is 3.06. The van der Waals surface area contributed by atoms with Gasteiger partial charge in [-0.25, -0.2) is 0 Å². The number of hydrogen-bond donors (Lipinski definition) is 1. The molecule has 1 aromatic carbocycles. The SMILES string of the molecule is CCC(C)(CN)CN1CC(C)Cc2ccccc21. The molecule has 2 unspecified atom stereocenters. The van der Waals surface area contributed by atoms with Crippen molar-refractivity contribution in [2.45, 2.75) is 33.6 Å². The van der Waals surface area contributed by atoms with Crippen molar-refractivity contribution in [1.82, 2.24) is 0 Å². The quantitative estimate of drug-likeness (QED) is 0.884. The third-order valence-corrected chi connectivity index (χ3v) is 4.35. The summed E-state index contributed by atoms with van der Waals surface area (Å²) in [7, 11) is 0. The molecule has 1 aliphatic heterocycles. The van der Waals surface area contributed by atoms with Crippen molar-refractivity contribution in [3.05, 3.63) is 29.8 Å². The van der Waals surface area contributed by atoms with Crippen molar-refractivity contribution >= 4 is 5.69 Å². The molecule has 0 aromatic heterocycles. The number of para-hydroxylation sites is 1. The van der Waals surface area contributed by atoms with E-state index in [2.05, 4.69) is 49.9 Å². The number of benzene rings is 1. The number of anilines is 1. The van der Waals surface area contributed by atoms with Crippen LogP contribution in [0.5, 0.6) is 0 Å². The van der Waals surface area contributed by atoms with Crippen LogP contribution in [-0.4, -0.2) is 19.6 Å². The maximum absolute atomic E-state index is 5.96. The first kappa shape index (κ1) is 13.4. The Morgan fingerprint density at radius 1 is 1.39 bits per heavy atom. The molecule has 0 aliphatic carbocycles. The lowest BCUT2D eigenvalue weighted by Crippen LogP contribution is -2.44. The second-order valence-corrected chi connectivity index (χ2v) is 6.19. The van der Waals surface area contributed by atoms with Gasteiger partial charge in [0, 0.05) is 18.8 Å². The number of hydrogen-bond acceptors (Lipinski definition) is 2. The van der Waals surface area contributed by atoms with Crippen molar-refractivity contribution < 1.29 is 0 Å². The molecule has 18 heavy (non-hydrogen) atoms. The summed E-state index contributed by atoms with van der Waals surface area (Å²) in [6.45, 7) is 9.88. The van der Waals surface area contributed by atoms with Gasteiger partial charge in [-0.15, -0.1) is 0 Å². The molecule has 0 radical (unpaired) electrons. The van der Waals surface area contributed by atoms with Crippen molar-refractivity contribution in [2.24, 2.45) is 17.1 Å². The summed E-state index contributed by atoms with van der Waals surface area (Å²) in [5.74, 6) is 0.735. The largest absolute Gasteiger partial charge is 0.370 e. The number of nitrogens with zero attached hydrogens (tertiary/aromatic N) is 1. The molecular formula is C16H26N2. The van der Waals surface area contributed by atoms with Gasteiger partial charge in [0.2, 0.25) is 0 Å². The van der Waals surface area contributed by atoms with E-state index in [1.807, 2.05) is 0 Å². The van der Waals surface area contributed by atoms with Gasteiger partial charge in [-0.3, -0.25) is 0 Å². The van der Waals surface area contributed by atoms with Crippen molar-refractivity contribution in [1.29, 1.82) is 0 Å². The monoisotopic (exact) mass is 246 g/mol. The van der Waals surface area contributed by atoms with Crippen LogP contribution in [-0.2, 0) is 6.42 Å². The summed E-state index contributed by atoms with van der Waals surface area (Å²) in [4.78, 5) is 2.54. The fourth-order valence-electron chi connectivity index (χ4n) is 2.84. The fourth-order valence-corrected chi connectivity index (χ4v) is 2.84. The average molecular weight is 246 g/mol. The second-order valence-electron chi connectivity index (χ2n) is 6.19. The highest BCUT2D eigenvalue weighted by Gasteiger charge is 2.28. The van der Waals surface area contributed by atoms with Crippen LogP contribution < -0.4 is 10.6 Å². The van der Waals surface area contributed by atoms with Gasteiger partial charge < -0.3 is 10.6 Å². The molecule has 1 heterocycles. The smallest absolute Gasteiger partial charge is 0.0399 e. The highest BCUT2D eigenvalue weighted by atomic mass is 15.1. The molecule has 2 N–H and O–H groups in total. The Bertz CT molecular complexity index is 396. The van der Waals surface area contributed by atoms with E-state index in [0.717, 1.165) is 32.0 Å². The topological polar surface area (TPSA) is 29.3 Å². The molecule has 2 nitrogen and oxygen atoms in total. The summed E-state index contributed by atoms with van der Waals surface area (Å²) in [6.07, 6.45) is 2.34. The zero-order chi connectivity index (χ0) is 13.2. The van der Waals surface area contributed by atoms with Gasteiger partial charge in [0.1, 0.15) is 0 Å². The highest BCUT2D eigenvalue weighted by Crippen LogP contribution is 2.32. The van der Waals surface area contributed by atoms with Gasteiger partial charge >= 0.3 is 0 Å². The van der Waals surface area contributed by atoms with Crippen LogP contribution in [0.3, 0.4) is 0 Å². The Hall–Kier alpha value is -1.02. The van der Waals surface area contributed by atoms with Crippen LogP contribution in [0.1, 0.15) is 32.8 Å². The minimum atomic E-state index is 0.226. The van der Waals surface area contributed by atoms with E-state index in [0.29, 0.717) is 0 Å². The van der Waals surface area contributed by atoms with E-state index in [4.69, 9.17) is 5.73 Å². The molecule has 2 atom stereocenters. The molecule has 1 aromatic rings. The first-order valence-electron chi connectivity index (χ1n) is 7.11. The lowest BCUT2D eigenvalue weighted by molar-refractivity contribution is 0.315. The Morgan fingerprint density at radius 3 is 2.78 bits per heavy atom. The maximum atomic E-state index is 5.96. The van der Waals surface area contributed by atoms with Crippen molar-refractivity contribution in [3.8, 4) is 0 Å². The Kier molecular flexibility index (Phi) is 3.96. The Morgan fingerprint density at radius 2 is 2.11 bits per heavy atom. The third-order valence-electron chi connectivity index (χ3n) is 4.35. The average Bonchev–Trinajstić information content (AvgIpc) is 2.38. The Labute approximate surface area is 111 Å². The van der Waals surface area contributed by atoms with Crippen LogP contribution in [0.25, 0.3) is 0 Å². The molecule has 0 saturated carbocycles. The summed E-state index contributed by atoms with van der Waals surface area (Å²) in [6, 6.07) is 8.82. The zero-order valence-corrected chi connectivity index (χ0v) is 11.9. The van der Waals surface area contributed by atoms with Crippen LogP contribution in [0.2, 0.25) is 0 Å². The lowest BCUT2D eigenvalue weighted by atomic mass is 9.85. The van der Waals surface area contributed by atoms with Crippen molar-refractivity contribution in [3.63, 3.8) is 0 Å². The highest BCUT2D eigenvalue weighted by molar-refractivity contribution is 5.55. The maximum Gasteiger partial charge on any atom is 0.0399 e. The summed E-state index contributed by atoms with van der Waals surface area (Å²) < 4.78 is 0. The normalized spacial score (nSPS) is 22.4. The number of rotatable bonds is 4. The molecule has 0 amide bonds. The van der Waals surface area contributed by atoms with Crippen LogP contribution >= 0.6 is 0 Å². The molecule has 0 spiro atoms. The van der Waals surface area contributed by atoms with E-state index < -0.39 is 0 Å². The lowest BCUT2D eigenvalue weighted by Gasteiger charge is -2.40. The zero-order valence-electron chi connectivity index (χ0n) is 11.9. The minimum Gasteiger partial charge on any atom is -0.370 e. The molecule has 0 saturated heterocycles. The van der Waals surface area contributed by atoms with E-state index in [1.54, 1.807) is 0 Å². The minimum absolute atomic E-state index is 0.226. The van der Waals surface area contributed by atoms with Gasteiger partial charge in [0.15, 0.2) is 0 Å². The van der Waals surface area contributed by atoms with Crippen LogP contribution in [0, 0.1) is 11.3 Å². The summed E-state index contributed by atoms with van der Waals surface area (Å²) >= 11 is 0.